The summed E-state index contributed by atoms with van der Waals surface area (Å²) in [6.07, 6.45) is 0.293. The van der Waals surface area contributed by atoms with Crippen LogP contribution in [-0.4, -0.2) is 131 Å². The number of benzene rings is 1. The van der Waals surface area contributed by atoms with E-state index in [-0.39, 0.29) is 36.7 Å². The number of ether oxygens (including phenoxy) is 2. The van der Waals surface area contributed by atoms with E-state index in [9.17, 15) is 19.2 Å². The van der Waals surface area contributed by atoms with Crippen molar-refractivity contribution < 1.29 is 33.8 Å². The summed E-state index contributed by atoms with van der Waals surface area (Å²) in [5.41, 5.74) is 1.22. The van der Waals surface area contributed by atoms with Gasteiger partial charge >= 0.3 is 18.2 Å². The lowest BCUT2D eigenvalue weighted by molar-refractivity contribution is -0.139. The fourth-order valence-electron chi connectivity index (χ4n) is 5.62. The molecule has 0 radical (unpaired) electrons. The standard InChI is InChI=1S/C20H28BrN3O3.C12H22N2O4/c1-14-12-22(9-10-23(14)19(26)27-20(2,3)4)13-18(25)24-8-7-15-5-6-16(21)11-17(15)24;1-9-7-13(8-10(15)16)5-6-14(9)11(17)18-12(2,3)4/h5-6,11,14H,7-10,12-13H2,1-4H3;9H,5-8H2,1-4H3,(H,15,16)/t14-;9-/m11/s1. The molecule has 0 spiro atoms. The first-order valence-electron chi connectivity index (χ1n) is 15.6. The van der Waals surface area contributed by atoms with Gasteiger partial charge in [0.2, 0.25) is 5.91 Å². The highest BCUT2D eigenvalue weighted by Crippen LogP contribution is 2.31. The Kier molecular flexibility index (Phi) is 12.3. The monoisotopic (exact) mass is 695 g/mol. The number of piperazine rings is 2. The highest BCUT2D eigenvalue weighted by Gasteiger charge is 2.34. The molecule has 3 amide bonds. The van der Waals surface area contributed by atoms with E-state index >= 15 is 0 Å². The van der Waals surface area contributed by atoms with Gasteiger partial charge in [-0.25, -0.2) is 9.59 Å². The van der Waals surface area contributed by atoms with Crippen LogP contribution in [0, 0.1) is 0 Å². The Bertz CT molecular complexity index is 1230. The zero-order valence-electron chi connectivity index (χ0n) is 28.0. The minimum Gasteiger partial charge on any atom is -0.480 e. The van der Waals surface area contributed by atoms with E-state index in [4.69, 9.17) is 14.6 Å². The molecule has 2 atom stereocenters. The van der Waals surface area contributed by atoms with E-state index < -0.39 is 17.2 Å². The van der Waals surface area contributed by atoms with E-state index in [1.807, 2.05) is 77.3 Å². The molecule has 13 heteroatoms. The molecule has 45 heavy (non-hydrogen) atoms. The minimum absolute atomic E-state index is 0.0152. The van der Waals surface area contributed by atoms with Crippen LogP contribution in [0.2, 0.25) is 0 Å². The minimum atomic E-state index is -0.840. The van der Waals surface area contributed by atoms with Crippen LogP contribution in [0.25, 0.3) is 0 Å². The molecule has 3 aliphatic heterocycles. The van der Waals surface area contributed by atoms with Crippen molar-refractivity contribution in [3.05, 3.63) is 28.2 Å². The van der Waals surface area contributed by atoms with Gasteiger partial charge in [0.05, 0.1) is 13.1 Å². The van der Waals surface area contributed by atoms with Crippen molar-refractivity contribution in [3.8, 4) is 0 Å². The van der Waals surface area contributed by atoms with Gasteiger partial charge in [0.1, 0.15) is 11.2 Å². The van der Waals surface area contributed by atoms with Crippen LogP contribution in [0.5, 0.6) is 0 Å². The SMILES string of the molecule is C[C@@H]1CN(CC(=O)N2CCc3ccc(Br)cc32)CCN1C(=O)OC(C)(C)C.C[C@@H]1CN(CC(=O)O)CCN1C(=O)OC(C)(C)C. The topological polar surface area (TPSA) is 123 Å². The molecule has 2 saturated heterocycles. The predicted octanol–water partition coefficient (Wildman–Crippen LogP) is 4.29. The fraction of sp³-hybridized carbons (Fsp3) is 0.688. The molecule has 3 heterocycles. The normalized spacial score (nSPS) is 21.0. The Hall–Kier alpha value is -2.90. The number of anilines is 1. The van der Waals surface area contributed by atoms with Gasteiger partial charge < -0.3 is 29.3 Å². The van der Waals surface area contributed by atoms with Gasteiger partial charge in [0.25, 0.3) is 0 Å². The number of halogens is 1. The molecule has 0 bridgehead atoms. The molecular weight excluding hydrogens is 646 g/mol. The van der Waals surface area contributed by atoms with Crippen molar-refractivity contribution >= 4 is 45.7 Å². The largest absolute Gasteiger partial charge is 0.480 e. The number of fused-ring (bicyclic) bond motifs is 1. The smallest absolute Gasteiger partial charge is 0.410 e. The maximum atomic E-state index is 12.9. The van der Waals surface area contributed by atoms with Gasteiger partial charge in [-0.05, 0) is 79.5 Å². The second-order valence-corrected chi connectivity index (χ2v) is 14.9. The second-order valence-electron chi connectivity index (χ2n) is 14.0. The van der Waals surface area contributed by atoms with Crippen LogP contribution in [0.4, 0.5) is 15.3 Å². The first-order valence-corrected chi connectivity index (χ1v) is 16.4. The molecule has 1 aromatic rings. The maximum Gasteiger partial charge on any atom is 0.410 e. The average Bonchev–Trinajstić information content (AvgIpc) is 3.30. The van der Waals surface area contributed by atoms with Crippen LogP contribution >= 0.6 is 15.9 Å². The number of carboxylic acids is 1. The molecule has 1 aromatic carbocycles. The zero-order chi connectivity index (χ0) is 33.7. The quantitative estimate of drug-likeness (QED) is 0.492. The maximum absolute atomic E-state index is 12.9. The number of hydrogen-bond donors (Lipinski definition) is 1. The van der Waals surface area contributed by atoms with Crippen LogP contribution in [0.15, 0.2) is 22.7 Å². The van der Waals surface area contributed by atoms with E-state index in [1.54, 1.807) is 9.80 Å². The van der Waals surface area contributed by atoms with Gasteiger partial charge in [-0.3, -0.25) is 19.4 Å². The Morgan fingerprint density at radius 2 is 1.29 bits per heavy atom. The second kappa shape index (κ2) is 15.1. The summed E-state index contributed by atoms with van der Waals surface area (Å²) in [7, 11) is 0. The third kappa shape index (κ3) is 11.1. The molecule has 0 aliphatic carbocycles. The Balaban J connectivity index is 0.000000268. The van der Waals surface area contributed by atoms with Gasteiger partial charge in [0.15, 0.2) is 0 Å². The van der Waals surface area contributed by atoms with E-state index in [0.717, 1.165) is 23.1 Å². The molecule has 4 rings (SSSR count). The summed E-state index contributed by atoms with van der Waals surface area (Å²) in [6, 6.07) is 6.09. The third-order valence-electron chi connectivity index (χ3n) is 7.64. The number of aliphatic carboxylic acids is 1. The van der Waals surface area contributed by atoms with Crippen molar-refractivity contribution in [2.45, 2.75) is 85.1 Å². The number of carbonyl (C=O) groups excluding carboxylic acids is 3. The number of carboxylic acid groups (broad SMARTS) is 1. The van der Waals surface area contributed by atoms with Crippen molar-refractivity contribution in [1.82, 2.24) is 19.6 Å². The molecule has 12 nitrogen and oxygen atoms in total. The molecule has 0 aromatic heterocycles. The van der Waals surface area contributed by atoms with E-state index in [1.165, 1.54) is 5.56 Å². The molecule has 0 saturated carbocycles. The van der Waals surface area contributed by atoms with Gasteiger partial charge in [0, 0.05) is 68.1 Å². The summed E-state index contributed by atoms with van der Waals surface area (Å²) >= 11 is 3.49. The summed E-state index contributed by atoms with van der Waals surface area (Å²) in [5, 5.41) is 8.73. The molecule has 2 fully saturated rings. The number of carbonyl (C=O) groups is 4. The molecular formula is C32H50BrN5O7. The van der Waals surface area contributed by atoms with Crippen molar-refractivity contribution in [2.24, 2.45) is 0 Å². The Morgan fingerprint density at radius 3 is 1.73 bits per heavy atom. The van der Waals surface area contributed by atoms with Gasteiger partial charge in [-0.2, -0.15) is 0 Å². The molecule has 0 unspecified atom stereocenters. The summed E-state index contributed by atoms with van der Waals surface area (Å²) in [6.45, 7) is 19.7. The summed E-state index contributed by atoms with van der Waals surface area (Å²) < 4.78 is 11.8. The predicted molar refractivity (Wildman–Crippen MR) is 176 cm³/mol. The zero-order valence-corrected chi connectivity index (χ0v) is 29.6. The van der Waals surface area contributed by atoms with Crippen LogP contribution < -0.4 is 4.90 Å². The Morgan fingerprint density at radius 1 is 0.800 bits per heavy atom. The van der Waals surface area contributed by atoms with Crippen LogP contribution in [0.3, 0.4) is 0 Å². The molecule has 1 N–H and O–H groups in total. The van der Waals surface area contributed by atoms with E-state index in [2.05, 4.69) is 26.9 Å². The third-order valence-corrected chi connectivity index (χ3v) is 8.13. The Labute approximate surface area is 275 Å². The van der Waals surface area contributed by atoms with E-state index in [0.29, 0.717) is 45.8 Å². The number of nitrogens with zero attached hydrogens (tertiary/aromatic N) is 5. The number of rotatable bonds is 4. The lowest BCUT2D eigenvalue weighted by Crippen LogP contribution is -2.56. The van der Waals surface area contributed by atoms with Crippen LogP contribution in [0.1, 0.15) is 61.0 Å². The van der Waals surface area contributed by atoms with Gasteiger partial charge in [-0.15, -0.1) is 0 Å². The molecule has 252 valence electrons. The van der Waals surface area contributed by atoms with Crippen LogP contribution in [-0.2, 0) is 25.5 Å². The van der Waals surface area contributed by atoms with Gasteiger partial charge in [-0.1, -0.05) is 22.0 Å². The van der Waals surface area contributed by atoms with Crippen molar-refractivity contribution in [2.75, 3.05) is 63.8 Å². The lowest BCUT2D eigenvalue weighted by atomic mass is 10.2. The summed E-state index contributed by atoms with van der Waals surface area (Å²) in [4.78, 5) is 57.0. The fourth-order valence-corrected chi connectivity index (χ4v) is 5.97. The number of hydrogen-bond acceptors (Lipinski definition) is 8. The highest BCUT2D eigenvalue weighted by molar-refractivity contribution is 9.10. The average molecular weight is 697 g/mol. The first kappa shape index (κ1) is 36.6. The number of amides is 3. The first-order chi connectivity index (χ1) is 20.8. The van der Waals surface area contributed by atoms with Crippen molar-refractivity contribution in [1.29, 1.82) is 0 Å². The summed E-state index contributed by atoms with van der Waals surface area (Å²) in [5.74, 6) is -0.724. The molecule has 3 aliphatic rings. The van der Waals surface area contributed by atoms with Crippen molar-refractivity contribution in [3.63, 3.8) is 0 Å². The highest BCUT2D eigenvalue weighted by atomic mass is 79.9. The lowest BCUT2D eigenvalue weighted by Gasteiger charge is -2.40.